The molecule has 0 saturated heterocycles. The number of hydrazone groups is 1. The van der Waals surface area contributed by atoms with Gasteiger partial charge < -0.3 is 14.2 Å². The number of carbonyl (C=O) groups is 2. The Balaban J connectivity index is 1.32. The van der Waals surface area contributed by atoms with Crippen molar-refractivity contribution >= 4 is 39.6 Å². The lowest BCUT2D eigenvalue weighted by Gasteiger charge is -2.14. The van der Waals surface area contributed by atoms with Crippen LogP contribution in [0.4, 0.5) is 0 Å². The summed E-state index contributed by atoms with van der Waals surface area (Å²) in [7, 11) is 1.56. The molecule has 0 aliphatic heterocycles. The number of amides is 1. The Bertz CT molecular complexity index is 1680. The van der Waals surface area contributed by atoms with Gasteiger partial charge in [-0.05, 0) is 70.9 Å². The summed E-state index contributed by atoms with van der Waals surface area (Å²) in [5, 5.41) is 8.01. The van der Waals surface area contributed by atoms with E-state index in [2.05, 4.69) is 10.5 Å². The predicted octanol–water partition coefficient (Wildman–Crippen LogP) is 6.14. The first-order valence-corrected chi connectivity index (χ1v) is 12.4. The van der Waals surface area contributed by atoms with E-state index in [0.717, 1.165) is 21.5 Å². The molecule has 5 aromatic carbocycles. The Labute approximate surface area is 225 Å². The van der Waals surface area contributed by atoms with Gasteiger partial charge in [-0.15, -0.1) is 0 Å². The van der Waals surface area contributed by atoms with Crippen molar-refractivity contribution in [3.63, 3.8) is 0 Å². The molecular weight excluding hydrogens is 492 g/mol. The molecule has 7 nitrogen and oxygen atoms in total. The molecule has 0 saturated carbocycles. The number of hydrogen-bond acceptors (Lipinski definition) is 6. The molecule has 1 amide bonds. The van der Waals surface area contributed by atoms with Gasteiger partial charge in [-0.25, -0.2) is 10.2 Å². The number of methoxy groups -OCH3 is 1. The number of nitrogens with one attached hydrogen (secondary N) is 1. The summed E-state index contributed by atoms with van der Waals surface area (Å²) in [5.41, 5.74) is 3.46. The van der Waals surface area contributed by atoms with Gasteiger partial charge in [0.15, 0.2) is 6.10 Å². The highest BCUT2D eigenvalue weighted by Crippen LogP contribution is 2.28. The molecule has 0 heterocycles. The standard InChI is InChI=1S/C32H26N2O5/c1-21(38-27-17-11-22-7-3-4-9-25(22)19-27)31(35)34-33-20-29-28-10-6-5-8-23(28)14-18-30(29)39-32(36)24-12-15-26(37-2)16-13-24/h3-21H,1-2H3,(H,34,35)/b33-20-/t21-/m0/s1. The second-order valence-corrected chi connectivity index (χ2v) is 8.82. The van der Waals surface area contributed by atoms with Gasteiger partial charge in [0.05, 0.1) is 18.9 Å². The van der Waals surface area contributed by atoms with Gasteiger partial charge in [0.2, 0.25) is 0 Å². The van der Waals surface area contributed by atoms with Crippen molar-refractivity contribution in [3.8, 4) is 17.2 Å². The summed E-state index contributed by atoms with van der Waals surface area (Å²) < 4.78 is 16.7. The monoisotopic (exact) mass is 518 g/mol. The Morgan fingerprint density at radius 2 is 1.46 bits per heavy atom. The highest BCUT2D eigenvalue weighted by Gasteiger charge is 2.16. The van der Waals surface area contributed by atoms with Crippen molar-refractivity contribution in [2.24, 2.45) is 5.10 Å². The van der Waals surface area contributed by atoms with Crippen LogP contribution >= 0.6 is 0 Å². The van der Waals surface area contributed by atoms with Crippen LogP contribution in [0.25, 0.3) is 21.5 Å². The normalized spacial score (nSPS) is 11.8. The number of hydrogen-bond donors (Lipinski definition) is 1. The highest BCUT2D eigenvalue weighted by molar-refractivity contribution is 6.04. The van der Waals surface area contributed by atoms with E-state index in [1.165, 1.54) is 6.21 Å². The van der Waals surface area contributed by atoms with E-state index in [9.17, 15) is 9.59 Å². The lowest BCUT2D eigenvalue weighted by molar-refractivity contribution is -0.127. The number of nitrogens with zero attached hydrogens (tertiary/aromatic N) is 1. The van der Waals surface area contributed by atoms with Gasteiger partial charge in [0, 0.05) is 5.56 Å². The predicted molar refractivity (Wildman–Crippen MR) is 152 cm³/mol. The van der Waals surface area contributed by atoms with Crippen LogP contribution in [0.2, 0.25) is 0 Å². The number of esters is 1. The van der Waals surface area contributed by atoms with Crippen LogP contribution in [0, 0.1) is 0 Å². The summed E-state index contributed by atoms with van der Waals surface area (Å²) in [4.78, 5) is 25.6. The van der Waals surface area contributed by atoms with Crippen LogP contribution in [0.5, 0.6) is 17.2 Å². The zero-order chi connectivity index (χ0) is 27.2. The Morgan fingerprint density at radius 3 is 2.23 bits per heavy atom. The van der Waals surface area contributed by atoms with Crippen molar-refractivity contribution in [1.29, 1.82) is 0 Å². The SMILES string of the molecule is COc1ccc(C(=O)Oc2ccc3ccccc3c2/C=N\NC(=O)[C@H](C)Oc2ccc3ccccc3c2)cc1. The fourth-order valence-corrected chi connectivity index (χ4v) is 4.13. The molecule has 0 aliphatic carbocycles. The summed E-state index contributed by atoms with van der Waals surface area (Å²) in [6, 6.07) is 31.4. The molecule has 1 atom stereocenters. The Kier molecular flexibility index (Phi) is 7.50. The summed E-state index contributed by atoms with van der Waals surface area (Å²) in [6.07, 6.45) is 0.683. The van der Waals surface area contributed by atoms with Crippen LogP contribution in [0.15, 0.2) is 108 Å². The third-order valence-corrected chi connectivity index (χ3v) is 6.23. The third kappa shape index (κ3) is 5.88. The number of ether oxygens (including phenoxy) is 3. The molecule has 0 unspecified atom stereocenters. The van der Waals surface area contributed by atoms with Crippen molar-refractivity contribution < 1.29 is 23.8 Å². The Morgan fingerprint density at radius 1 is 0.795 bits per heavy atom. The van der Waals surface area contributed by atoms with E-state index in [1.807, 2.05) is 72.8 Å². The number of benzene rings is 5. The molecule has 0 spiro atoms. The molecule has 7 heteroatoms. The zero-order valence-electron chi connectivity index (χ0n) is 21.5. The zero-order valence-corrected chi connectivity index (χ0v) is 21.5. The number of rotatable bonds is 8. The molecule has 194 valence electrons. The molecule has 5 rings (SSSR count). The van der Waals surface area contributed by atoms with Crippen LogP contribution in [-0.2, 0) is 4.79 Å². The highest BCUT2D eigenvalue weighted by atomic mass is 16.5. The van der Waals surface area contributed by atoms with E-state index in [4.69, 9.17) is 14.2 Å². The first-order chi connectivity index (χ1) is 19.0. The molecule has 0 radical (unpaired) electrons. The molecule has 1 N–H and O–H groups in total. The summed E-state index contributed by atoms with van der Waals surface area (Å²) >= 11 is 0. The molecule has 0 fully saturated rings. The molecule has 0 aromatic heterocycles. The molecule has 5 aromatic rings. The second kappa shape index (κ2) is 11.5. The van der Waals surface area contributed by atoms with Crippen LogP contribution in [0.1, 0.15) is 22.8 Å². The van der Waals surface area contributed by atoms with Crippen molar-refractivity contribution in [3.05, 3.63) is 114 Å². The molecule has 0 bridgehead atoms. The fourth-order valence-electron chi connectivity index (χ4n) is 4.13. The first-order valence-electron chi connectivity index (χ1n) is 12.4. The quantitative estimate of drug-likeness (QED) is 0.115. The Hall–Kier alpha value is -5.17. The van der Waals surface area contributed by atoms with E-state index >= 15 is 0 Å². The minimum Gasteiger partial charge on any atom is -0.497 e. The van der Waals surface area contributed by atoms with E-state index in [1.54, 1.807) is 44.4 Å². The topological polar surface area (TPSA) is 86.2 Å². The van der Waals surface area contributed by atoms with Crippen molar-refractivity contribution in [1.82, 2.24) is 5.43 Å². The number of fused-ring (bicyclic) bond motifs is 2. The van der Waals surface area contributed by atoms with Crippen LogP contribution in [0.3, 0.4) is 0 Å². The minimum atomic E-state index is -0.789. The van der Waals surface area contributed by atoms with Gasteiger partial charge in [-0.1, -0.05) is 60.7 Å². The first kappa shape index (κ1) is 25.5. The van der Waals surface area contributed by atoms with E-state index < -0.39 is 18.0 Å². The van der Waals surface area contributed by atoms with E-state index in [0.29, 0.717) is 28.4 Å². The third-order valence-electron chi connectivity index (χ3n) is 6.23. The average Bonchev–Trinajstić information content (AvgIpc) is 2.97. The van der Waals surface area contributed by atoms with Gasteiger partial charge in [-0.2, -0.15) is 5.10 Å². The summed E-state index contributed by atoms with van der Waals surface area (Å²) in [6.45, 7) is 1.65. The molecular formula is C32H26N2O5. The molecule has 0 aliphatic rings. The maximum absolute atomic E-state index is 12.8. The van der Waals surface area contributed by atoms with Gasteiger partial charge >= 0.3 is 5.97 Å². The van der Waals surface area contributed by atoms with Gasteiger partial charge in [0.1, 0.15) is 17.2 Å². The van der Waals surface area contributed by atoms with Gasteiger partial charge in [0.25, 0.3) is 5.91 Å². The summed E-state index contributed by atoms with van der Waals surface area (Å²) in [5.74, 6) is 0.593. The lowest BCUT2D eigenvalue weighted by Crippen LogP contribution is -2.33. The fraction of sp³-hybridized carbons (Fsp3) is 0.0938. The maximum atomic E-state index is 12.8. The molecule has 39 heavy (non-hydrogen) atoms. The average molecular weight is 519 g/mol. The minimum absolute atomic E-state index is 0.313. The van der Waals surface area contributed by atoms with Crippen LogP contribution in [-0.4, -0.2) is 31.3 Å². The van der Waals surface area contributed by atoms with Crippen LogP contribution < -0.4 is 19.6 Å². The smallest absolute Gasteiger partial charge is 0.343 e. The van der Waals surface area contributed by atoms with Gasteiger partial charge in [-0.3, -0.25) is 4.79 Å². The lowest BCUT2D eigenvalue weighted by atomic mass is 10.0. The number of carbonyl (C=O) groups excluding carboxylic acids is 2. The van der Waals surface area contributed by atoms with E-state index in [-0.39, 0.29) is 0 Å². The second-order valence-electron chi connectivity index (χ2n) is 8.82. The largest absolute Gasteiger partial charge is 0.497 e. The van der Waals surface area contributed by atoms with Crippen molar-refractivity contribution in [2.45, 2.75) is 13.0 Å². The van der Waals surface area contributed by atoms with Crippen molar-refractivity contribution in [2.75, 3.05) is 7.11 Å². The maximum Gasteiger partial charge on any atom is 0.343 e.